The highest BCUT2D eigenvalue weighted by Gasteiger charge is 2.21. The second-order valence-corrected chi connectivity index (χ2v) is 6.83. The fourth-order valence-corrected chi connectivity index (χ4v) is 3.43. The molecule has 1 fully saturated rings. The third kappa shape index (κ3) is 6.16. The molecule has 2 heterocycles. The second kappa shape index (κ2) is 11.6. The van der Waals surface area contributed by atoms with Crippen molar-refractivity contribution in [1.82, 2.24) is 19.8 Å². The van der Waals surface area contributed by atoms with E-state index in [0.717, 1.165) is 61.7 Å². The van der Waals surface area contributed by atoms with E-state index in [-0.39, 0.29) is 24.8 Å². The van der Waals surface area contributed by atoms with Crippen LogP contribution in [0.4, 0.5) is 5.82 Å². The molecule has 0 aliphatic carbocycles. The fraction of sp³-hybridized carbons (Fsp3) is 0.579. The van der Waals surface area contributed by atoms with Crippen molar-refractivity contribution in [1.29, 1.82) is 0 Å². The first-order chi connectivity index (χ1) is 12.2. The van der Waals surface area contributed by atoms with Crippen molar-refractivity contribution < 1.29 is 0 Å². The molecule has 27 heavy (non-hydrogen) atoms. The van der Waals surface area contributed by atoms with E-state index in [1.54, 1.807) is 0 Å². The Morgan fingerprint density at radius 1 is 1.11 bits per heavy atom. The third-order valence-electron chi connectivity index (χ3n) is 5.05. The van der Waals surface area contributed by atoms with E-state index in [1.807, 2.05) is 18.2 Å². The third-order valence-corrected chi connectivity index (χ3v) is 5.05. The average Bonchev–Trinajstić information content (AvgIpc) is 2.63. The van der Waals surface area contributed by atoms with Crippen LogP contribution in [0.5, 0.6) is 0 Å². The van der Waals surface area contributed by atoms with E-state index in [9.17, 15) is 0 Å². The summed E-state index contributed by atoms with van der Waals surface area (Å²) < 4.78 is 0. The maximum Gasteiger partial charge on any atom is 0.137 e. The Morgan fingerprint density at radius 3 is 2.48 bits per heavy atom. The average molecular weight is 415 g/mol. The molecule has 1 saturated heterocycles. The molecular weight excluding hydrogens is 383 g/mol. The molecule has 1 aliphatic rings. The van der Waals surface area contributed by atoms with Crippen molar-refractivity contribution in [3.8, 4) is 0 Å². The number of hydrogen-bond donors (Lipinski definition) is 2. The minimum Gasteiger partial charge on any atom is -0.368 e. The Balaban J connectivity index is 0.00000182. The largest absolute Gasteiger partial charge is 0.368 e. The number of nitrogens with one attached hydrogen (secondary N) is 1. The van der Waals surface area contributed by atoms with Crippen LogP contribution in [0, 0.1) is 0 Å². The molecule has 0 saturated carbocycles. The van der Waals surface area contributed by atoms with E-state index < -0.39 is 0 Å². The van der Waals surface area contributed by atoms with Gasteiger partial charge in [0, 0.05) is 50.6 Å². The van der Waals surface area contributed by atoms with Crippen LogP contribution in [0.3, 0.4) is 0 Å². The van der Waals surface area contributed by atoms with Crippen LogP contribution in [-0.2, 0) is 6.42 Å². The highest BCUT2D eigenvalue weighted by Crippen LogP contribution is 2.21. The Kier molecular flexibility index (Phi) is 10.3. The van der Waals surface area contributed by atoms with E-state index in [1.165, 1.54) is 0 Å². The van der Waals surface area contributed by atoms with Crippen molar-refractivity contribution in [3.05, 3.63) is 30.1 Å². The topological polar surface area (TPSA) is 70.3 Å². The predicted octanol–water partition coefficient (Wildman–Crippen LogP) is 2.41. The maximum absolute atomic E-state index is 5.70. The Hall–Kier alpha value is -1.18. The molecule has 152 valence electrons. The number of likely N-dealkylation sites (N-methyl/N-ethyl adjacent to an activating group) is 1. The standard InChI is InChI=1S/C19H30N6.2ClH/c1-3-15(25-12-10-24(2)11-13-25)14-21-19-16-6-4-5-7-17(16)22-18(23-19)8-9-20;;/h4-7,15H,3,8-14,20H2,1-2H3,(H,21,22,23);2*1H. The molecule has 1 atom stereocenters. The Labute approximate surface area is 174 Å². The minimum atomic E-state index is 0. The number of fused-ring (bicyclic) bond motifs is 1. The summed E-state index contributed by atoms with van der Waals surface area (Å²) in [5.74, 6) is 1.75. The van der Waals surface area contributed by atoms with E-state index in [0.29, 0.717) is 19.0 Å². The van der Waals surface area contributed by atoms with Gasteiger partial charge in [-0.25, -0.2) is 9.97 Å². The number of anilines is 1. The molecule has 1 aromatic carbocycles. The highest BCUT2D eigenvalue weighted by atomic mass is 35.5. The summed E-state index contributed by atoms with van der Waals surface area (Å²) in [6.07, 6.45) is 1.84. The van der Waals surface area contributed by atoms with Crippen molar-refractivity contribution in [2.75, 3.05) is 51.6 Å². The van der Waals surface area contributed by atoms with Gasteiger partial charge < -0.3 is 16.0 Å². The summed E-state index contributed by atoms with van der Waals surface area (Å²) in [6.45, 7) is 8.31. The van der Waals surface area contributed by atoms with Gasteiger partial charge in [0.05, 0.1) is 5.52 Å². The molecule has 0 spiro atoms. The minimum absolute atomic E-state index is 0. The van der Waals surface area contributed by atoms with Gasteiger partial charge >= 0.3 is 0 Å². The fourth-order valence-electron chi connectivity index (χ4n) is 3.43. The van der Waals surface area contributed by atoms with Crippen LogP contribution in [0.1, 0.15) is 19.2 Å². The van der Waals surface area contributed by atoms with Crippen molar-refractivity contribution >= 4 is 41.5 Å². The van der Waals surface area contributed by atoms with Gasteiger partial charge in [0.1, 0.15) is 11.6 Å². The van der Waals surface area contributed by atoms with Crippen LogP contribution in [0.2, 0.25) is 0 Å². The summed E-state index contributed by atoms with van der Waals surface area (Å²) in [5.41, 5.74) is 6.68. The number of rotatable bonds is 7. The number of benzene rings is 1. The predicted molar refractivity (Wildman–Crippen MR) is 118 cm³/mol. The van der Waals surface area contributed by atoms with E-state index >= 15 is 0 Å². The lowest BCUT2D eigenvalue weighted by molar-refractivity contribution is 0.114. The molecule has 1 aromatic heterocycles. The Morgan fingerprint density at radius 2 is 1.81 bits per heavy atom. The molecule has 3 rings (SSSR count). The van der Waals surface area contributed by atoms with Gasteiger partial charge in [-0.15, -0.1) is 24.8 Å². The van der Waals surface area contributed by atoms with Gasteiger partial charge in [-0.2, -0.15) is 0 Å². The number of nitrogens with two attached hydrogens (primary N) is 1. The summed E-state index contributed by atoms with van der Waals surface area (Å²) in [4.78, 5) is 14.3. The number of halogens is 2. The zero-order valence-electron chi connectivity index (χ0n) is 16.2. The van der Waals surface area contributed by atoms with Gasteiger partial charge in [-0.1, -0.05) is 19.1 Å². The van der Waals surface area contributed by atoms with Crippen LogP contribution in [0.25, 0.3) is 10.9 Å². The van der Waals surface area contributed by atoms with Crippen molar-refractivity contribution in [2.24, 2.45) is 5.73 Å². The molecule has 6 nitrogen and oxygen atoms in total. The Bertz CT molecular complexity index is 691. The van der Waals surface area contributed by atoms with E-state index in [4.69, 9.17) is 10.7 Å². The van der Waals surface area contributed by atoms with Gasteiger partial charge in [-0.05, 0) is 32.1 Å². The number of nitrogens with zero attached hydrogens (tertiary/aromatic N) is 4. The number of hydrogen-bond acceptors (Lipinski definition) is 6. The molecule has 0 bridgehead atoms. The van der Waals surface area contributed by atoms with E-state index in [2.05, 4.69) is 40.1 Å². The molecule has 1 unspecified atom stereocenters. The van der Waals surface area contributed by atoms with Crippen LogP contribution < -0.4 is 11.1 Å². The number of piperazine rings is 1. The van der Waals surface area contributed by atoms with Crippen LogP contribution in [-0.4, -0.2) is 72.1 Å². The van der Waals surface area contributed by atoms with Crippen LogP contribution in [0.15, 0.2) is 24.3 Å². The maximum atomic E-state index is 5.70. The summed E-state index contributed by atoms with van der Waals surface area (Å²) in [7, 11) is 2.20. The monoisotopic (exact) mass is 414 g/mol. The highest BCUT2D eigenvalue weighted by molar-refractivity contribution is 5.89. The van der Waals surface area contributed by atoms with Crippen molar-refractivity contribution in [2.45, 2.75) is 25.8 Å². The molecule has 8 heteroatoms. The molecule has 0 radical (unpaired) electrons. The lowest BCUT2D eigenvalue weighted by atomic mass is 10.1. The summed E-state index contributed by atoms with van der Waals surface area (Å²) in [6, 6.07) is 8.71. The number of para-hydroxylation sites is 1. The smallest absolute Gasteiger partial charge is 0.137 e. The normalized spacial score (nSPS) is 16.4. The summed E-state index contributed by atoms with van der Waals surface area (Å²) >= 11 is 0. The number of aromatic nitrogens is 2. The molecule has 0 amide bonds. The quantitative estimate of drug-likeness (QED) is 0.724. The first-order valence-corrected chi connectivity index (χ1v) is 9.33. The van der Waals surface area contributed by atoms with Crippen molar-refractivity contribution in [3.63, 3.8) is 0 Å². The lowest BCUT2D eigenvalue weighted by Gasteiger charge is -2.37. The summed E-state index contributed by atoms with van der Waals surface area (Å²) in [5, 5.41) is 4.68. The molecule has 3 N–H and O–H groups in total. The molecule has 2 aromatic rings. The van der Waals surface area contributed by atoms with Crippen LogP contribution >= 0.6 is 24.8 Å². The molecular formula is C19H32Cl2N6. The van der Waals surface area contributed by atoms with Gasteiger partial charge in [0.15, 0.2) is 0 Å². The zero-order chi connectivity index (χ0) is 17.6. The van der Waals surface area contributed by atoms with Gasteiger partial charge in [-0.3, -0.25) is 4.90 Å². The molecule has 1 aliphatic heterocycles. The van der Waals surface area contributed by atoms with Gasteiger partial charge in [0.2, 0.25) is 0 Å². The second-order valence-electron chi connectivity index (χ2n) is 6.83. The first kappa shape index (κ1) is 23.9. The van der Waals surface area contributed by atoms with Gasteiger partial charge in [0.25, 0.3) is 0 Å². The zero-order valence-corrected chi connectivity index (χ0v) is 17.9. The SMILES string of the molecule is CCC(CNc1nc(CCN)nc2ccccc12)N1CCN(C)CC1.Cl.Cl. The lowest BCUT2D eigenvalue weighted by Crippen LogP contribution is -2.50. The first-order valence-electron chi connectivity index (χ1n) is 9.33.